The molecule has 2 fully saturated rings. The first-order valence-corrected chi connectivity index (χ1v) is 9.39. The molecule has 2 aliphatic rings. The van der Waals surface area contributed by atoms with E-state index in [1.165, 1.54) is 4.68 Å². The van der Waals surface area contributed by atoms with Gasteiger partial charge in [-0.3, -0.25) is 4.79 Å². The number of aliphatic hydroxyl groups excluding tert-OH is 1. The number of aromatic nitrogens is 5. The number of H-pyrrole nitrogens is 1. The highest BCUT2D eigenvalue weighted by Crippen LogP contribution is 2.43. The van der Waals surface area contributed by atoms with E-state index in [4.69, 9.17) is 14.2 Å². The van der Waals surface area contributed by atoms with Gasteiger partial charge in [-0.2, -0.15) is 4.68 Å². The predicted molar refractivity (Wildman–Crippen MR) is 94.0 cm³/mol. The molecule has 0 spiro atoms. The number of nitrogens with zero attached hydrogens (tertiary/aromatic N) is 4. The molecule has 148 valence electrons. The monoisotopic (exact) mass is 379 g/mol. The Kier molecular flexibility index (Phi) is 4.75. The summed E-state index contributed by atoms with van der Waals surface area (Å²) >= 11 is 0. The molecule has 2 aromatic heterocycles. The molecule has 0 aliphatic carbocycles. The molecule has 10 heteroatoms. The van der Waals surface area contributed by atoms with Crippen LogP contribution in [0.25, 0.3) is 11.2 Å². The van der Waals surface area contributed by atoms with E-state index in [0.29, 0.717) is 17.9 Å². The first-order chi connectivity index (χ1) is 12.9. The molecule has 0 bridgehead atoms. The Labute approximate surface area is 155 Å². The first kappa shape index (κ1) is 18.5. The average Bonchev–Trinajstić information content (AvgIpc) is 3.26. The normalized spacial score (nSPS) is 29.5. The number of ether oxygens (including phenoxy) is 3. The Morgan fingerprint density at radius 3 is 2.78 bits per heavy atom. The van der Waals surface area contributed by atoms with Crippen LogP contribution in [-0.4, -0.2) is 60.8 Å². The maximum absolute atomic E-state index is 12.4. The van der Waals surface area contributed by atoms with Crippen molar-refractivity contribution < 1.29 is 19.3 Å². The van der Waals surface area contributed by atoms with Gasteiger partial charge >= 0.3 is 0 Å². The second-order valence-corrected chi connectivity index (χ2v) is 7.49. The summed E-state index contributed by atoms with van der Waals surface area (Å²) in [6, 6.07) is 0. The number of rotatable bonds is 6. The van der Waals surface area contributed by atoms with E-state index in [1.54, 1.807) is 0 Å². The van der Waals surface area contributed by atoms with Crippen LogP contribution in [0.3, 0.4) is 0 Å². The summed E-state index contributed by atoms with van der Waals surface area (Å²) in [6.07, 6.45) is 1.62. The van der Waals surface area contributed by atoms with Gasteiger partial charge in [0.1, 0.15) is 24.1 Å². The Bertz CT molecular complexity index is 878. The number of fused-ring (bicyclic) bond motifs is 2. The number of hydrogen-bond acceptors (Lipinski definition) is 8. The van der Waals surface area contributed by atoms with Gasteiger partial charge in [-0.25, -0.2) is 4.98 Å². The first-order valence-electron chi connectivity index (χ1n) is 9.39. The Morgan fingerprint density at radius 1 is 1.26 bits per heavy atom. The van der Waals surface area contributed by atoms with Crippen molar-refractivity contribution in [3.05, 3.63) is 16.2 Å². The summed E-state index contributed by atoms with van der Waals surface area (Å²) in [7, 11) is 0. The molecule has 4 rings (SSSR count). The second kappa shape index (κ2) is 6.93. The average molecular weight is 379 g/mol. The molecular formula is C17H25N5O5. The molecule has 2 aliphatic heterocycles. The van der Waals surface area contributed by atoms with Gasteiger partial charge in [0.25, 0.3) is 5.56 Å². The van der Waals surface area contributed by atoms with Crippen molar-refractivity contribution >= 4 is 11.2 Å². The highest BCUT2D eigenvalue weighted by atomic mass is 16.8. The maximum Gasteiger partial charge on any atom is 0.281 e. The lowest BCUT2D eigenvalue weighted by Gasteiger charge is -2.23. The quantitative estimate of drug-likeness (QED) is 0.701. The van der Waals surface area contributed by atoms with Gasteiger partial charge in [0.15, 0.2) is 23.2 Å². The summed E-state index contributed by atoms with van der Waals surface area (Å²) < 4.78 is 19.2. The lowest BCUT2D eigenvalue weighted by molar-refractivity contribution is -0.201. The largest absolute Gasteiger partial charge is 0.394 e. The van der Waals surface area contributed by atoms with Gasteiger partial charge in [-0.05, 0) is 20.3 Å². The Balaban J connectivity index is 1.70. The van der Waals surface area contributed by atoms with Gasteiger partial charge in [0.05, 0.1) is 6.61 Å². The topological polar surface area (TPSA) is 124 Å². The number of unbranched alkanes of at least 4 members (excludes halogenated alkanes) is 2. The van der Waals surface area contributed by atoms with Gasteiger partial charge in [-0.1, -0.05) is 25.0 Å². The van der Waals surface area contributed by atoms with Crippen LogP contribution < -0.4 is 5.56 Å². The molecule has 27 heavy (non-hydrogen) atoms. The van der Waals surface area contributed by atoms with Gasteiger partial charge in [-0.15, -0.1) is 5.10 Å². The molecule has 2 aromatic rings. The molecule has 0 radical (unpaired) electrons. The van der Waals surface area contributed by atoms with Gasteiger partial charge in [0, 0.05) is 6.42 Å². The fraction of sp³-hybridized carbons (Fsp3) is 0.765. The number of nitrogens with one attached hydrogen (secondary N) is 1. The molecular weight excluding hydrogens is 354 g/mol. The SMILES string of the molecule is CCCCCc1nc2c(nnn2[C@@H]2O[C@H](CO)[C@H]3OC(C)(C)O[C@H]32)c(=O)[nH]1. The van der Waals surface area contributed by atoms with Crippen LogP contribution >= 0.6 is 0 Å². The maximum atomic E-state index is 12.4. The number of aromatic amines is 1. The minimum absolute atomic E-state index is 0.153. The van der Waals surface area contributed by atoms with Crippen LogP contribution in [0.4, 0.5) is 0 Å². The third-order valence-corrected chi connectivity index (χ3v) is 4.95. The van der Waals surface area contributed by atoms with E-state index in [0.717, 1.165) is 19.3 Å². The van der Waals surface area contributed by atoms with Crippen LogP contribution in [-0.2, 0) is 20.6 Å². The standard InChI is InChI=1S/C17H25N5O5/c1-4-5-6-7-10-18-14-11(15(24)19-10)20-21-22(14)16-13-12(9(8-23)25-16)26-17(2,3)27-13/h9,12-13,16,23H,4-8H2,1-3H3,(H,18,19,24)/t9-,12-,13-,16-/m1/s1. The van der Waals surface area contributed by atoms with Crippen LogP contribution in [0.5, 0.6) is 0 Å². The summed E-state index contributed by atoms with van der Waals surface area (Å²) in [5.74, 6) is -0.195. The second-order valence-electron chi connectivity index (χ2n) is 7.49. The summed E-state index contributed by atoms with van der Waals surface area (Å²) in [5.41, 5.74) is 0.177. The molecule has 0 unspecified atom stereocenters. The highest BCUT2D eigenvalue weighted by molar-refractivity contribution is 5.68. The van der Waals surface area contributed by atoms with Crippen molar-refractivity contribution in [3.63, 3.8) is 0 Å². The van der Waals surface area contributed by atoms with Crippen LogP contribution in [0.15, 0.2) is 4.79 Å². The van der Waals surface area contributed by atoms with Crippen molar-refractivity contribution in [2.75, 3.05) is 6.61 Å². The van der Waals surface area contributed by atoms with Gasteiger partial charge in [0.2, 0.25) is 0 Å². The van der Waals surface area contributed by atoms with Crippen molar-refractivity contribution in [2.45, 2.75) is 76.8 Å². The van der Waals surface area contributed by atoms with Crippen molar-refractivity contribution in [1.82, 2.24) is 25.0 Å². The predicted octanol–water partition coefficient (Wildman–Crippen LogP) is 0.657. The minimum Gasteiger partial charge on any atom is -0.394 e. The fourth-order valence-corrected chi connectivity index (χ4v) is 3.72. The van der Waals surface area contributed by atoms with E-state index in [9.17, 15) is 9.90 Å². The van der Waals surface area contributed by atoms with Crippen molar-refractivity contribution in [2.24, 2.45) is 0 Å². The van der Waals surface area contributed by atoms with Crippen molar-refractivity contribution in [1.29, 1.82) is 0 Å². The molecule has 2 N–H and O–H groups in total. The molecule has 2 saturated heterocycles. The van der Waals surface area contributed by atoms with E-state index in [-0.39, 0.29) is 17.7 Å². The minimum atomic E-state index is -0.794. The zero-order chi connectivity index (χ0) is 19.2. The van der Waals surface area contributed by atoms with Crippen LogP contribution in [0.1, 0.15) is 52.1 Å². The van der Waals surface area contributed by atoms with Crippen LogP contribution in [0, 0.1) is 0 Å². The Morgan fingerprint density at radius 2 is 2.04 bits per heavy atom. The number of aliphatic hydroxyl groups is 1. The van der Waals surface area contributed by atoms with E-state index >= 15 is 0 Å². The van der Waals surface area contributed by atoms with Crippen LogP contribution in [0.2, 0.25) is 0 Å². The molecule has 4 atom stereocenters. The molecule has 0 saturated carbocycles. The van der Waals surface area contributed by atoms with E-state index in [2.05, 4.69) is 27.2 Å². The molecule has 0 aromatic carbocycles. The lowest BCUT2D eigenvalue weighted by Crippen LogP contribution is -2.31. The lowest BCUT2D eigenvalue weighted by atomic mass is 10.1. The van der Waals surface area contributed by atoms with E-state index < -0.39 is 30.3 Å². The zero-order valence-electron chi connectivity index (χ0n) is 15.7. The number of hydrogen-bond donors (Lipinski definition) is 2. The summed E-state index contributed by atoms with van der Waals surface area (Å²) in [6.45, 7) is 5.53. The number of aryl methyl sites for hydroxylation is 1. The van der Waals surface area contributed by atoms with Crippen molar-refractivity contribution in [3.8, 4) is 0 Å². The summed E-state index contributed by atoms with van der Waals surface area (Å²) in [4.78, 5) is 19.7. The zero-order valence-corrected chi connectivity index (χ0v) is 15.7. The fourth-order valence-electron chi connectivity index (χ4n) is 3.72. The highest BCUT2D eigenvalue weighted by Gasteiger charge is 2.56. The third-order valence-electron chi connectivity index (χ3n) is 4.95. The van der Waals surface area contributed by atoms with Gasteiger partial charge < -0.3 is 24.3 Å². The summed E-state index contributed by atoms with van der Waals surface area (Å²) in [5, 5.41) is 17.7. The Hall–Kier alpha value is -1.88. The van der Waals surface area contributed by atoms with E-state index in [1.807, 2.05) is 13.8 Å². The molecule has 0 amide bonds. The molecule has 10 nitrogen and oxygen atoms in total. The third kappa shape index (κ3) is 3.27. The molecule has 4 heterocycles. The smallest absolute Gasteiger partial charge is 0.281 e.